The quantitative estimate of drug-likeness (QED) is 0.914. The van der Waals surface area contributed by atoms with Gasteiger partial charge in [0, 0.05) is 27.1 Å². The summed E-state index contributed by atoms with van der Waals surface area (Å²) in [5.74, 6) is 0. The highest BCUT2D eigenvalue weighted by atomic mass is 35.5. The summed E-state index contributed by atoms with van der Waals surface area (Å²) >= 11 is 7.49. The average molecular weight is 265 g/mol. The van der Waals surface area contributed by atoms with Crippen LogP contribution in [0, 0.1) is 0 Å². The van der Waals surface area contributed by atoms with Crippen molar-refractivity contribution in [3.8, 4) is 0 Å². The average Bonchev–Trinajstić information content (AvgIpc) is 2.33. The van der Waals surface area contributed by atoms with E-state index in [1.165, 1.54) is 0 Å². The zero-order valence-corrected chi connectivity index (χ0v) is 11.0. The highest BCUT2D eigenvalue weighted by Gasteiger charge is 2.02. The number of halogens is 1. The zero-order chi connectivity index (χ0) is 12.3. The molecule has 0 amide bonds. The molecule has 0 saturated heterocycles. The van der Waals surface area contributed by atoms with E-state index in [0.717, 1.165) is 20.5 Å². The van der Waals surface area contributed by atoms with Gasteiger partial charge in [0.2, 0.25) is 0 Å². The second kappa shape index (κ2) is 5.54. The largest absolute Gasteiger partial charge is 0.323 e. The molecule has 17 heavy (non-hydrogen) atoms. The first-order valence-corrected chi connectivity index (χ1v) is 6.49. The van der Waals surface area contributed by atoms with Crippen LogP contribution in [0.5, 0.6) is 0 Å². The van der Waals surface area contributed by atoms with Gasteiger partial charge in [-0.2, -0.15) is 0 Å². The van der Waals surface area contributed by atoms with Gasteiger partial charge in [0.15, 0.2) is 0 Å². The van der Waals surface area contributed by atoms with Crippen LogP contribution in [0.25, 0.3) is 0 Å². The molecule has 0 saturated carbocycles. The van der Waals surface area contributed by atoms with E-state index in [-0.39, 0.29) is 6.04 Å². The lowest BCUT2D eigenvalue weighted by Crippen LogP contribution is -2.06. The van der Waals surface area contributed by atoms with Crippen LogP contribution in [0.2, 0.25) is 5.02 Å². The minimum atomic E-state index is -0.0235. The molecular weight excluding hydrogens is 252 g/mol. The van der Waals surface area contributed by atoms with Gasteiger partial charge < -0.3 is 5.73 Å². The summed E-state index contributed by atoms with van der Waals surface area (Å²) in [6, 6.07) is 11.7. The summed E-state index contributed by atoms with van der Waals surface area (Å²) in [5.41, 5.74) is 6.66. The molecule has 2 rings (SSSR count). The molecule has 1 heterocycles. The molecule has 2 N–H and O–H groups in total. The van der Waals surface area contributed by atoms with Gasteiger partial charge >= 0.3 is 0 Å². The third kappa shape index (κ3) is 3.46. The fourth-order valence-electron chi connectivity index (χ4n) is 1.36. The lowest BCUT2D eigenvalue weighted by molar-refractivity contribution is 0.777. The van der Waals surface area contributed by atoms with Gasteiger partial charge in [0.25, 0.3) is 0 Å². The maximum atomic E-state index is 5.83. The van der Waals surface area contributed by atoms with Gasteiger partial charge in [-0.1, -0.05) is 23.4 Å². The van der Waals surface area contributed by atoms with Crippen molar-refractivity contribution in [2.24, 2.45) is 5.73 Å². The first-order chi connectivity index (χ1) is 8.15. The fraction of sp³-hybridized carbons (Fsp3) is 0.154. The molecule has 0 radical (unpaired) electrons. The number of hydrogen-bond acceptors (Lipinski definition) is 3. The first kappa shape index (κ1) is 12.4. The Balaban J connectivity index is 2.11. The van der Waals surface area contributed by atoms with Gasteiger partial charge in [0.05, 0.1) is 5.69 Å². The van der Waals surface area contributed by atoms with E-state index in [0.29, 0.717) is 0 Å². The van der Waals surface area contributed by atoms with Crippen molar-refractivity contribution < 1.29 is 0 Å². The summed E-state index contributed by atoms with van der Waals surface area (Å²) in [6.45, 7) is 1.92. The van der Waals surface area contributed by atoms with Crippen molar-refractivity contribution in [3.63, 3.8) is 0 Å². The van der Waals surface area contributed by atoms with Crippen LogP contribution >= 0.6 is 23.4 Å². The predicted molar refractivity (Wildman–Crippen MR) is 72.4 cm³/mol. The molecule has 0 aliphatic heterocycles. The maximum absolute atomic E-state index is 5.83. The van der Waals surface area contributed by atoms with E-state index in [1.807, 2.05) is 49.5 Å². The number of benzene rings is 1. The SMILES string of the molecule is C[C@@H](N)c1ccc(Sc2ccc(Cl)cc2)cn1. The minimum absolute atomic E-state index is 0.0235. The number of aromatic nitrogens is 1. The number of nitrogens with zero attached hydrogens (tertiary/aromatic N) is 1. The number of hydrogen-bond donors (Lipinski definition) is 1. The van der Waals surface area contributed by atoms with Crippen LogP contribution in [0.1, 0.15) is 18.7 Å². The Kier molecular flexibility index (Phi) is 4.05. The highest BCUT2D eigenvalue weighted by molar-refractivity contribution is 7.99. The van der Waals surface area contributed by atoms with E-state index in [4.69, 9.17) is 17.3 Å². The zero-order valence-electron chi connectivity index (χ0n) is 9.43. The summed E-state index contributed by atoms with van der Waals surface area (Å²) in [4.78, 5) is 6.56. The summed E-state index contributed by atoms with van der Waals surface area (Å²) in [5, 5.41) is 0.750. The molecule has 0 aliphatic rings. The molecule has 1 aromatic carbocycles. The van der Waals surface area contributed by atoms with E-state index < -0.39 is 0 Å². The molecule has 88 valence electrons. The summed E-state index contributed by atoms with van der Waals surface area (Å²) in [6.07, 6.45) is 1.85. The molecule has 4 heteroatoms. The van der Waals surface area contributed by atoms with Gasteiger partial charge in [-0.25, -0.2) is 0 Å². The second-order valence-electron chi connectivity index (χ2n) is 3.76. The van der Waals surface area contributed by atoms with Crippen molar-refractivity contribution in [2.45, 2.75) is 22.8 Å². The molecule has 0 spiro atoms. The number of nitrogens with two attached hydrogens (primary N) is 1. The molecular formula is C13H13ClN2S. The predicted octanol–water partition coefficient (Wildman–Crippen LogP) is 3.91. The van der Waals surface area contributed by atoms with E-state index in [9.17, 15) is 0 Å². The Bertz CT molecular complexity index is 480. The van der Waals surface area contributed by atoms with Gasteiger partial charge in [-0.3, -0.25) is 4.98 Å². The van der Waals surface area contributed by atoms with Gasteiger partial charge in [-0.05, 0) is 43.3 Å². The van der Waals surface area contributed by atoms with E-state index >= 15 is 0 Å². The van der Waals surface area contributed by atoms with Crippen molar-refractivity contribution >= 4 is 23.4 Å². The first-order valence-electron chi connectivity index (χ1n) is 5.30. The standard InChI is InChI=1S/C13H13ClN2S/c1-9(15)13-7-6-12(8-16-13)17-11-4-2-10(14)3-5-11/h2-9H,15H2,1H3/t9-/m1/s1. The minimum Gasteiger partial charge on any atom is -0.323 e. The normalized spacial score (nSPS) is 12.4. The van der Waals surface area contributed by atoms with Crippen molar-refractivity contribution in [1.29, 1.82) is 0 Å². The molecule has 1 aromatic heterocycles. The maximum Gasteiger partial charge on any atom is 0.0569 e. The molecule has 0 aliphatic carbocycles. The van der Waals surface area contributed by atoms with Crippen LogP contribution in [-0.2, 0) is 0 Å². The monoisotopic (exact) mass is 264 g/mol. The highest BCUT2D eigenvalue weighted by Crippen LogP contribution is 2.28. The Hall–Kier alpha value is -1.03. The van der Waals surface area contributed by atoms with E-state index in [2.05, 4.69) is 4.98 Å². The molecule has 0 unspecified atom stereocenters. The Morgan fingerprint density at radius 3 is 2.29 bits per heavy atom. The van der Waals surface area contributed by atoms with Crippen molar-refractivity contribution in [3.05, 3.63) is 53.3 Å². The number of rotatable bonds is 3. The smallest absolute Gasteiger partial charge is 0.0569 e. The Morgan fingerprint density at radius 1 is 1.12 bits per heavy atom. The topological polar surface area (TPSA) is 38.9 Å². The molecule has 0 bridgehead atoms. The Morgan fingerprint density at radius 2 is 1.76 bits per heavy atom. The third-order valence-corrected chi connectivity index (χ3v) is 3.51. The molecule has 1 atom stereocenters. The molecule has 2 nitrogen and oxygen atoms in total. The second-order valence-corrected chi connectivity index (χ2v) is 5.35. The van der Waals surface area contributed by atoms with Gasteiger partial charge in [-0.15, -0.1) is 0 Å². The van der Waals surface area contributed by atoms with Gasteiger partial charge in [0.1, 0.15) is 0 Å². The van der Waals surface area contributed by atoms with Crippen LogP contribution in [0.15, 0.2) is 52.4 Å². The third-order valence-electron chi connectivity index (χ3n) is 2.28. The lowest BCUT2D eigenvalue weighted by Gasteiger charge is -2.05. The van der Waals surface area contributed by atoms with Crippen LogP contribution in [-0.4, -0.2) is 4.98 Å². The fourth-order valence-corrected chi connectivity index (χ4v) is 2.27. The van der Waals surface area contributed by atoms with Crippen LogP contribution in [0.4, 0.5) is 0 Å². The van der Waals surface area contributed by atoms with E-state index in [1.54, 1.807) is 11.8 Å². The molecule has 0 fully saturated rings. The van der Waals surface area contributed by atoms with Crippen molar-refractivity contribution in [1.82, 2.24) is 4.98 Å². The molecule has 2 aromatic rings. The van der Waals surface area contributed by atoms with Crippen molar-refractivity contribution in [2.75, 3.05) is 0 Å². The Labute approximate surface area is 110 Å². The number of pyridine rings is 1. The van der Waals surface area contributed by atoms with Crippen LogP contribution in [0.3, 0.4) is 0 Å². The summed E-state index contributed by atoms with van der Waals surface area (Å²) < 4.78 is 0. The summed E-state index contributed by atoms with van der Waals surface area (Å²) in [7, 11) is 0. The van der Waals surface area contributed by atoms with Crippen LogP contribution < -0.4 is 5.73 Å². The lowest BCUT2D eigenvalue weighted by atomic mass is 10.2.